The van der Waals surface area contributed by atoms with Gasteiger partial charge in [-0.15, -0.1) is 0 Å². The first-order valence-electron chi connectivity index (χ1n) is 17.8. The molecule has 0 aliphatic carbocycles. The van der Waals surface area contributed by atoms with Crippen molar-refractivity contribution in [2.75, 3.05) is 0 Å². The zero-order valence-electron chi connectivity index (χ0n) is 28.2. The molecule has 11 aromatic rings. The summed E-state index contributed by atoms with van der Waals surface area (Å²) in [5.74, 6) is 0. The third-order valence-corrected chi connectivity index (χ3v) is 10.7. The molecule has 242 valence electrons. The van der Waals surface area contributed by atoms with Gasteiger partial charge in [0.15, 0.2) is 0 Å². The van der Waals surface area contributed by atoms with E-state index in [9.17, 15) is 0 Å². The lowest BCUT2D eigenvalue weighted by Crippen LogP contribution is -1.96. The van der Waals surface area contributed by atoms with Crippen molar-refractivity contribution in [2.45, 2.75) is 0 Å². The molecule has 11 rings (SSSR count). The van der Waals surface area contributed by atoms with Gasteiger partial charge >= 0.3 is 0 Å². The van der Waals surface area contributed by atoms with Crippen molar-refractivity contribution >= 4 is 65.3 Å². The SMILES string of the molecule is c1ccc(-c2nc3ccccc3c3cc4c5ccccc5n(-c5ccc(-c6cccc(-n7c8ccccc8c8ccccc87)c6)cc5)c4cc23)cc1. The van der Waals surface area contributed by atoms with E-state index in [1.54, 1.807) is 0 Å². The number of hydrogen-bond acceptors (Lipinski definition) is 1. The first-order valence-corrected chi connectivity index (χ1v) is 17.8. The Morgan fingerprint density at radius 3 is 1.54 bits per heavy atom. The Morgan fingerprint density at radius 2 is 0.846 bits per heavy atom. The minimum Gasteiger partial charge on any atom is -0.309 e. The highest BCUT2D eigenvalue weighted by molar-refractivity contribution is 6.20. The molecule has 0 bridgehead atoms. The van der Waals surface area contributed by atoms with Gasteiger partial charge in [-0.1, -0.05) is 127 Å². The molecule has 0 saturated carbocycles. The minimum absolute atomic E-state index is 1.01. The maximum atomic E-state index is 5.23. The van der Waals surface area contributed by atoms with Crippen molar-refractivity contribution in [3.05, 3.63) is 188 Å². The minimum atomic E-state index is 1.01. The molecule has 3 heterocycles. The lowest BCUT2D eigenvalue weighted by Gasteiger charge is -2.13. The fraction of sp³-hybridized carbons (Fsp3) is 0. The molecule has 3 heteroatoms. The van der Waals surface area contributed by atoms with Crippen molar-refractivity contribution < 1.29 is 0 Å². The normalized spacial score (nSPS) is 11.8. The summed E-state index contributed by atoms with van der Waals surface area (Å²) in [6.45, 7) is 0. The molecule has 0 saturated heterocycles. The summed E-state index contributed by atoms with van der Waals surface area (Å²) in [5, 5.41) is 8.56. The summed E-state index contributed by atoms with van der Waals surface area (Å²) in [6.07, 6.45) is 0. The molecule has 0 amide bonds. The molecule has 0 aliphatic rings. The number of benzene rings is 8. The largest absolute Gasteiger partial charge is 0.309 e. The number of aromatic nitrogens is 3. The van der Waals surface area contributed by atoms with Crippen LogP contribution in [-0.4, -0.2) is 14.1 Å². The zero-order valence-corrected chi connectivity index (χ0v) is 28.2. The van der Waals surface area contributed by atoms with Crippen LogP contribution in [-0.2, 0) is 0 Å². The predicted molar refractivity (Wildman–Crippen MR) is 219 cm³/mol. The van der Waals surface area contributed by atoms with Crippen LogP contribution in [0, 0.1) is 0 Å². The van der Waals surface area contributed by atoms with Crippen LogP contribution in [0.2, 0.25) is 0 Å². The summed E-state index contributed by atoms with van der Waals surface area (Å²) in [5.41, 5.74) is 12.6. The Balaban J connectivity index is 1.08. The first kappa shape index (κ1) is 28.8. The van der Waals surface area contributed by atoms with E-state index in [1.807, 2.05) is 0 Å². The van der Waals surface area contributed by atoms with E-state index in [4.69, 9.17) is 4.98 Å². The third kappa shape index (κ3) is 4.30. The van der Waals surface area contributed by atoms with Crippen LogP contribution in [0.25, 0.3) is 99.0 Å². The molecule has 3 aromatic heterocycles. The van der Waals surface area contributed by atoms with Crippen molar-refractivity contribution in [3.8, 4) is 33.8 Å². The van der Waals surface area contributed by atoms with Crippen LogP contribution in [0.15, 0.2) is 188 Å². The Morgan fingerprint density at radius 1 is 0.288 bits per heavy atom. The monoisotopic (exact) mass is 661 g/mol. The van der Waals surface area contributed by atoms with E-state index in [0.29, 0.717) is 0 Å². The smallest absolute Gasteiger partial charge is 0.0788 e. The van der Waals surface area contributed by atoms with Crippen LogP contribution in [0.1, 0.15) is 0 Å². The second-order valence-electron chi connectivity index (χ2n) is 13.6. The van der Waals surface area contributed by atoms with Gasteiger partial charge in [-0.3, -0.25) is 0 Å². The summed E-state index contributed by atoms with van der Waals surface area (Å²) in [7, 11) is 0. The number of nitrogens with zero attached hydrogens (tertiary/aromatic N) is 3. The van der Waals surface area contributed by atoms with Gasteiger partial charge in [0.1, 0.15) is 0 Å². The van der Waals surface area contributed by atoms with Gasteiger partial charge in [0.2, 0.25) is 0 Å². The fourth-order valence-corrected chi connectivity index (χ4v) is 8.34. The topological polar surface area (TPSA) is 22.8 Å². The van der Waals surface area contributed by atoms with Gasteiger partial charge in [-0.05, 0) is 77.2 Å². The first-order chi connectivity index (χ1) is 25.8. The van der Waals surface area contributed by atoms with E-state index in [1.165, 1.54) is 65.5 Å². The number of para-hydroxylation sites is 4. The van der Waals surface area contributed by atoms with Crippen LogP contribution >= 0.6 is 0 Å². The van der Waals surface area contributed by atoms with Crippen molar-refractivity contribution in [1.29, 1.82) is 0 Å². The Bertz CT molecular complexity index is 3110. The van der Waals surface area contributed by atoms with Gasteiger partial charge in [-0.25, -0.2) is 4.98 Å². The van der Waals surface area contributed by atoms with Gasteiger partial charge < -0.3 is 9.13 Å². The molecule has 0 radical (unpaired) electrons. The number of pyridine rings is 1. The second-order valence-corrected chi connectivity index (χ2v) is 13.6. The summed E-state index contributed by atoms with van der Waals surface area (Å²) in [4.78, 5) is 5.23. The Kier molecular flexibility index (Phi) is 6.25. The van der Waals surface area contributed by atoms with Crippen LogP contribution in [0.3, 0.4) is 0 Å². The van der Waals surface area contributed by atoms with E-state index < -0.39 is 0 Å². The van der Waals surface area contributed by atoms with Crippen LogP contribution < -0.4 is 0 Å². The summed E-state index contributed by atoms with van der Waals surface area (Å²) in [6, 6.07) is 67.8. The molecule has 0 aliphatic heterocycles. The summed E-state index contributed by atoms with van der Waals surface area (Å²) < 4.78 is 4.79. The summed E-state index contributed by atoms with van der Waals surface area (Å²) >= 11 is 0. The van der Waals surface area contributed by atoms with Gasteiger partial charge in [0.05, 0.1) is 33.3 Å². The van der Waals surface area contributed by atoms with Gasteiger partial charge in [-0.2, -0.15) is 0 Å². The van der Waals surface area contributed by atoms with Crippen molar-refractivity contribution in [2.24, 2.45) is 0 Å². The van der Waals surface area contributed by atoms with Gasteiger partial charge in [0, 0.05) is 49.3 Å². The number of rotatable bonds is 4. The number of fused-ring (bicyclic) bond motifs is 9. The molecular formula is C49H31N3. The molecule has 52 heavy (non-hydrogen) atoms. The maximum Gasteiger partial charge on any atom is 0.0788 e. The lowest BCUT2D eigenvalue weighted by molar-refractivity contribution is 1.18. The second kappa shape index (κ2) is 11.3. The van der Waals surface area contributed by atoms with E-state index in [2.05, 4.69) is 197 Å². The van der Waals surface area contributed by atoms with Crippen LogP contribution in [0.4, 0.5) is 0 Å². The standard InChI is InChI=1S/C49H31N3/c1-2-13-33(14-3-1)49-43-31-48-42(30-41(43)37-17-4-8-21-44(37)50-49)40-20-7-11-24-47(40)51(48)35-27-25-32(26-28-35)34-15-12-16-36(29-34)52-45-22-9-5-18-38(45)39-19-6-10-23-46(39)52/h1-31H. The molecule has 8 aromatic carbocycles. The van der Waals surface area contributed by atoms with E-state index in [-0.39, 0.29) is 0 Å². The maximum absolute atomic E-state index is 5.23. The van der Waals surface area contributed by atoms with E-state index in [0.717, 1.165) is 33.5 Å². The molecule has 3 nitrogen and oxygen atoms in total. The number of hydrogen-bond donors (Lipinski definition) is 0. The molecule has 0 spiro atoms. The average Bonchev–Trinajstić information content (AvgIpc) is 3.73. The van der Waals surface area contributed by atoms with E-state index >= 15 is 0 Å². The third-order valence-electron chi connectivity index (χ3n) is 10.7. The Hall–Kier alpha value is -6.97. The van der Waals surface area contributed by atoms with Crippen molar-refractivity contribution in [3.63, 3.8) is 0 Å². The Labute approximate surface area is 300 Å². The molecule has 0 fully saturated rings. The molecule has 0 unspecified atom stereocenters. The highest BCUT2D eigenvalue weighted by Gasteiger charge is 2.18. The van der Waals surface area contributed by atoms with Crippen LogP contribution in [0.5, 0.6) is 0 Å². The fourth-order valence-electron chi connectivity index (χ4n) is 8.34. The molecule has 0 atom stereocenters. The lowest BCUT2D eigenvalue weighted by atomic mass is 9.98. The quantitative estimate of drug-likeness (QED) is 0.172. The van der Waals surface area contributed by atoms with Gasteiger partial charge in [0.25, 0.3) is 0 Å². The highest BCUT2D eigenvalue weighted by atomic mass is 15.0. The predicted octanol–water partition coefficient (Wildman–Crippen LogP) is 12.9. The molecular weight excluding hydrogens is 631 g/mol. The zero-order chi connectivity index (χ0) is 34.2. The van der Waals surface area contributed by atoms with Crippen molar-refractivity contribution in [1.82, 2.24) is 14.1 Å². The highest BCUT2D eigenvalue weighted by Crippen LogP contribution is 2.40. The average molecular weight is 662 g/mol. The molecule has 0 N–H and O–H groups in total.